The molecule has 0 N–H and O–H groups in total. The molecule has 0 fully saturated rings. The average Bonchev–Trinajstić information content (AvgIpc) is 2.58. The van der Waals surface area contributed by atoms with E-state index >= 15 is 0 Å². The molecule has 0 aromatic carbocycles. The van der Waals surface area contributed by atoms with Gasteiger partial charge in [-0.05, 0) is 12.8 Å². The first-order valence-corrected chi connectivity index (χ1v) is 13.2. The van der Waals surface area contributed by atoms with Gasteiger partial charge in [0, 0.05) is 0 Å². The molecule has 0 aromatic heterocycles. The second kappa shape index (κ2) is 18.3. The van der Waals surface area contributed by atoms with Crippen molar-refractivity contribution in [2.45, 2.75) is 136 Å². The van der Waals surface area contributed by atoms with Crippen molar-refractivity contribution in [1.82, 2.24) is 0 Å². The van der Waals surface area contributed by atoms with Crippen molar-refractivity contribution in [3.8, 4) is 0 Å². The number of unbranched alkanes of at least 4 members (excludes halogenated alkanes) is 14. The minimum absolute atomic E-state index is 0.106. The van der Waals surface area contributed by atoms with Gasteiger partial charge in [0.15, 0.2) is 0 Å². The summed E-state index contributed by atoms with van der Waals surface area (Å²) in [6.07, 6.45) is 23.3. The zero-order valence-electron chi connectivity index (χ0n) is 17.9. The van der Waals surface area contributed by atoms with Crippen LogP contribution in [0.5, 0.6) is 0 Å². The Kier molecular flexibility index (Phi) is 18.2. The second-order valence-electron chi connectivity index (χ2n) is 7.95. The molecular weight excluding hydrogens is 344 g/mol. The van der Waals surface area contributed by atoms with Crippen LogP contribution >= 0.6 is 0 Å². The van der Waals surface area contributed by atoms with E-state index in [1.54, 1.807) is 0 Å². The van der Waals surface area contributed by atoms with Crippen LogP contribution in [0.25, 0.3) is 0 Å². The highest BCUT2D eigenvalue weighted by atomic mass is 32.2. The van der Waals surface area contributed by atoms with Crippen LogP contribution < -0.4 is 0 Å². The number of hydrogen-bond acceptors (Lipinski definition) is 3. The van der Waals surface area contributed by atoms with Crippen molar-refractivity contribution < 1.29 is 12.6 Å². The molecule has 0 heterocycles. The smallest absolute Gasteiger partial charge is 0.264 e. The van der Waals surface area contributed by atoms with E-state index in [1.165, 1.54) is 96.1 Å². The van der Waals surface area contributed by atoms with Crippen molar-refractivity contribution in [1.29, 1.82) is 0 Å². The van der Waals surface area contributed by atoms with Gasteiger partial charge in [-0.1, -0.05) is 117 Å². The van der Waals surface area contributed by atoms with Crippen LogP contribution in [0.4, 0.5) is 0 Å². The van der Waals surface area contributed by atoms with Gasteiger partial charge in [-0.3, -0.25) is 4.18 Å². The topological polar surface area (TPSA) is 43.4 Å². The van der Waals surface area contributed by atoms with Crippen molar-refractivity contribution >= 4 is 10.1 Å². The van der Waals surface area contributed by atoms with Crippen LogP contribution in [0.15, 0.2) is 0 Å². The van der Waals surface area contributed by atoms with Crippen molar-refractivity contribution in [2.75, 3.05) is 6.26 Å². The quantitative estimate of drug-likeness (QED) is 0.161. The maximum atomic E-state index is 11.5. The summed E-state index contributed by atoms with van der Waals surface area (Å²) in [4.78, 5) is 0. The van der Waals surface area contributed by atoms with Gasteiger partial charge in [-0.25, -0.2) is 0 Å². The van der Waals surface area contributed by atoms with Crippen LogP contribution in [0, 0.1) is 0 Å². The van der Waals surface area contributed by atoms with E-state index in [4.69, 9.17) is 4.18 Å². The Morgan fingerprint density at radius 2 is 0.885 bits per heavy atom. The van der Waals surface area contributed by atoms with Crippen LogP contribution in [-0.4, -0.2) is 20.8 Å². The third-order valence-electron chi connectivity index (χ3n) is 5.07. The minimum Gasteiger partial charge on any atom is -0.267 e. The normalized spacial score (nSPS) is 12.2. The first kappa shape index (κ1) is 25.9. The van der Waals surface area contributed by atoms with Crippen molar-refractivity contribution in [3.63, 3.8) is 0 Å². The largest absolute Gasteiger partial charge is 0.267 e. The average molecular weight is 391 g/mol. The highest BCUT2D eigenvalue weighted by molar-refractivity contribution is 7.86. The Morgan fingerprint density at radius 1 is 0.577 bits per heavy atom. The number of hydrogen-bond donors (Lipinski definition) is 0. The molecule has 3 nitrogen and oxygen atoms in total. The molecule has 0 bridgehead atoms. The Labute approximate surface area is 164 Å². The van der Waals surface area contributed by atoms with E-state index in [0.29, 0.717) is 0 Å². The molecule has 0 saturated heterocycles. The summed E-state index contributed by atoms with van der Waals surface area (Å²) in [5.74, 6) is 0. The SMILES string of the molecule is CCCCCCCCCCC(CCCCCCCCCC)OS(C)(=O)=O. The van der Waals surface area contributed by atoms with E-state index in [1.807, 2.05) is 0 Å². The van der Waals surface area contributed by atoms with E-state index in [0.717, 1.165) is 25.7 Å². The predicted octanol–water partition coefficient (Wildman–Crippen LogP) is 7.39. The fraction of sp³-hybridized carbons (Fsp3) is 1.00. The summed E-state index contributed by atoms with van der Waals surface area (Å²) in [6.45, 7) is 4.49. The van der Waals surface area contributed by atoms with Crippen LogP contribution in [0.3, 0.4) is 0 Å². The molecule has 0 radical (unpaired) electrons. The van der Waals surface area contributed by atoms with E-state index < -0.39 is 10.1 Å². The molecule has 158 valence electrons. The monoisotopic (exact) mass is 390 g/mol. The van der Waals surface area contributed by atoms with Gasteiger partial charge in [-0.15, -0.1) is 0 Å². The highest BCUT2D eigenvalue weighted by Crippen LogP contribution is 2.18. The molecule has 0 spiro atoms. The Morgan fingerprint density at radius 3 is 1.19 bits per heavy atom. The van der Waals surface area contributed by atoms with E-state index in [9.17, 15) is 8.42 Å². The van der Waals surface area contributed by atoms with Gasteiger partial charge in [-0.2, -0.15) is 8.42 Å². The van der Waals surface area contributed by atoms with E-state index in [-0.39, 0.29) is 6.10 Å². The third kappa shape index (κ3) is 20.2. The van der Waals surface area contributed by atoms with Gasteiger partial charge < -0.3 is 0 Å². The number of rotatable bonds is 20. The maximum absolute atomic E-state index is 11.5. The maximum Gasteiger partial charge on any atom is 0.264 e. The lowest BCUT2D eigenvalue weighted by atomic mass is 10.0. The summed E-state index contributed by atoms with van der Waals surface area (Å²) in [5, 5.41) is 0. The van der Waals surface area contributed by atoms with E-state index in [2.05, 4.69) is 13.8 Å². The van der Waals surface area contributed by atoms with Gasteiger partial charge in [0.25, 0.3) is 10.1 Å². The molecule has 0 saturated carbocycles. The van der Waals surface area contributed by atoms with Crippen LogP contribution in [-0.2, 0) is 14.3 Å². The molecule has 26 heavy (non-hydrogen) atoms. The zero-order chi connectivity index (χ0) is 19.5. The molecule has 0 rings (SSSR count). The Bertz CT molecular complexity index is 359. The molecular formula is C22H46O3S. The summed E-state index contributed by atoms with van der Waals surface area (Å²) in [7, 11) is -3.34. The predicted molar refractivity (Wildman–Crippen MR) is 114 cm³/mol. The standard InChI is InChI=1S/C22H46O3S/c1-4-6-8-10-12-14-16-18-20-22(25-26(3,23)24)21-19-17-15-13-11-9-7-5-2/h22H,4-21H2,1-3H3. The summed E-state index contributed by atoms with van der Waals surface area (Å²) < 4.78 is 28.3. The molecule has 0 aromatic rings. The molecule has 0 aliphatic carbocycles. The van der Waals surface area contributed by atoms with Gasteiger partial charge >= 0.3 is 0 Å². The molecule has 0 atom stereocenters. The summed E-state index contributed by atoms with van der Waals surface area (Å²) >= 11 is 0. The van der Waals surface area contributed by atoms with Crippen LogP contribution in [0.1, 0.15) is 129 Å². The fourth-order valence-corrected chi connectivity index (χ4v) is 4.19. The first-order valence-electron chi connectivity index (χ1n) is 11.4. The van der Waals surface area contributed by atoms with Gasteiger partial charge in [0.1, 0.15) is 0 Å². The lowest BCUT2D eigenvalue weighted by Crippen LogP contribution is -2.17. The van der Waals surface area contributed by atoms with Crippen molar-refractivity contribution in [2.24, 2.45) is 0 Å². The summed E-state index contributed by atoms with van der Waals surface area (Å²) in [5.41, 5.74) is 0. The first-order chi connectivity index (χ1) is 12.5. The zero-order valence-corrected chi connectivity index (χ0v) is 18.8. The fourth-order valence-electron chi connectivity index (χ4n) is 3.50. The van der Waals surface area contributed by atoms with Gasteiger partial charge in [0.2, 0.25) is 0 Å². The Balaban J connectivity index is 3.78. The Hall–Kier alpha value is -0.0900. The van der Waals surface area contributed by atoms with Crippen LogP contribution in [0.2, 0.25) is 0 Å². The molecule has 0 unspecified atom stereocenters. The van der Waals surface area contributed by atoms with Crippen molar-refractivity contribution in [3.05, 3.63) is 0 Å². The third-order valence-corrected chi connectivity index (χ3v) is 5.69. The lowest BCUT2D eigenvalue weighted by Gasteiger charge is -2.16. The van der Waals surface area contributed by atoms with Gasteiger partial charge in [0.05, 0.1) is 12.4 Å². The minimum atomic E-state index is -3.34. The molecule has 4 heteroatoms. The lowest BCUT2D eigenvalue weighted by molar-refractivity contribution is 0.182. The molecule has 0 aliphatic heterocycles. The molecule has 0 amide bonds. The highest BCUT2D eigenvalue weighted by Gasteiger charge is 2.15. The molecule has 0 aliphatic rings. The summed E-state index contributed by atoms with van der Waals surface area (Å²) in [6, 6.07) is 0. The second-order valence-corrected chi connectivity index (χ2v) is 9.55.